The standard InChI is InChI=1S/C14H27N3O3S/c1-21(19,20)17-6-2-3-12(10-17)9-14(18)11-16-7-4-13(15)5-8-16/h12-13H,2-11,15H2,1H3. The van der Waals surface area contributed by atoms with Crippen LogP contribution in [0, 0.1) is 5.92 Å². The summed E-state index contributed by atoms with van der Waals surface area (Å²) in [7, 11) is -3.13. The van der Waals surface area contributed by atoms with Crippen LogP contribution in [0.15, 0.2) is 0 Å². The minimum atomic E-state index is -3.13. The molecule has 0 bridgehead atoms. The molecule has 6 nitrogen and oxygen atoms in total. The van der Waals surface area contributed by atoms with Crippen LogP contribution in [0.1, 0.15) is 32.1 Å². The van der Waals surface area contributed by atoms with Crippen molar-refractivity contribution in [3.63, 3.8) is 0 Å². The molecule has 21 heavy (non-hydrogen) atoms. The highest BCUT2D eigenvalue weighted by molar-refractivity contribution is 7.88. The van der Waals surface area contributed by atoms with Crippen LogP contribution in [0.3, 0.4) is 0 Å². The number of rotatable bonds is 5. The third-order valence-corrected chi connectivity index (χ3v) is 5.77. The first-order valence-electron chi connectivity index (χ1n) is 7.79. The van der Waals surface area contributed by atoms with Gasteiger partial charge in [0, 0.05) is 38.6 Å². The van der Waals surface area contributed by atoms with Crippen molar-refractivity contribution in [1.82, 2.24) is 9.21 Å². The molecule has 2 rings (SSSR count). The highest BCUT2D eigenvalue weighted by Crippen LogP contribution is 2.22. The number of hydrogen-bond acceptors (Lipinski definition) is 5. The van der Waals surface area contributed by atoms with E-state index in [4.69, 9.17) is 5.73 Å². The van der Waals surface area contributed by atoms with E-state index in [9.17, 15) is 13.2 Å². The molecule has 2 aliphatic rings. The minimum Gasteiger partial charge on any atom is -0.328 e. The summed E-state index contributed by atoms with van der Waals surface area (Å²) < 4.78 is 24.7. The van der Waals surface area contributed by atoms with Gasteiger partial charge >= 0.3 is 0 Å². The number of sulfonamides is 1. The summed E-state index contributed by atoms with van der Waals surface area (Å²) in [6.45, 7) is 3.37. The SMILES string of the molecule is CS(=O)(=O)N1CCCC(CC(=O)CN2CCC(N)CC2)C1. The second kappa shape index (κ2) is 7.17. The third-order valence-electron chi connectivity index (χ3n) is 4.50. The van der Waals surface area contributed by atoms with Gasteiger partial charge in [0.1, 0.15) is 5.78 Å². The molecule has 0 aromatic rings. The van der Waals surface area contributed by atoms with E-state index in [1.807, 2.05) is 0 Å². The molecule has 2 fully saturated rings. The predicted molar refractivity (Wildman–Crippen MR) is 82.4 cm³/mol. The van der Waals surface area contributed by atoms with Crippen LogP contribution in [0.4, 0.5) is 0 Å². The van der Waals surface area contributed by atoms with E-state index in [0.717, 1.165) is 38.8 Å². The van der Waals surface area contributed by atoms with Gasteiger partial charge < -0.3 is 5.73 Å². The number of nitrogens with zero attached hydrogens (tertiary/aromatic N) is 2. The number of piperidine rings is 2. The summed E-state index contributed by atoms with van der Waals surface area (Å²) in [5, 5.41) is 0. The zero-order valence-electron chi connectivity index (χ0n) is 12.8. The van der Waals surface area contributed by atoms with Crippen molar-refractivity contribution in [2.45, 2.75) is 38.1 Å². The average Bonchev–Trinajstić information content (AvgIpc) is 2.41. The number of Topliss-reactive ketones (excluding diaryl/α,β-unsaturated/α-hetero) is 1. The van der Waals surface area contributed by atoms with Gasteiger partial charge in [-0.05, 0) is 31.6 Å². The molecule has 0 amide bonds. The number of carbonyl (C=O) groups is 1. The molecule has 0 aliphatic carbocycles. The Hall–Kier alpha value is -0.500. The molecule has 0 saturated carbocycles. The molecular weight excluding hydrogens is 290 g/mol. The molecule has 2 saturated heterocycles. The van der Waals surface area contributed by atoms with Crippen molar-refractivity contribution in [2.24, 2.45) is 11.7 Å². The maximum Gasteiger partial charge on any atom is 0.211 e. The molecule has 0 aromatic heterocycles. The Kier molecular flexibility index (Phi) is 5.76. The zero-order chi connectivity index (χ0) is 15.5. The fraction of sp³-hybridized carbons (Fsp3) is 0.929. The van der Waals surface area contributed by atoms with Crippen LogP contribution in [0.2, 0.25) is 0 Å². The van der Waals surface area contributed by atoms with Crippen LogP contribution < -0.4 is 5.73 Å². The van der Waals surface area contributed by atoms with E-state index >= 15 is 0 Å². The Morgan fingerprint density at radius 2 is 1.86 bits per heavy atom. The topological polar surface area (TPSA) is 83.7 Å². The molecule has 0 radical (unpaired) electrons. The van der Waals surface area contributed by atoms with E-state index < -0.39 is 10.0 Å². The Morgan fingerprint density at radius 1 is 1.19 bits per heavy atom. The number of likely N-dealkylation sites (tertiary alicyclic amines) is 1. The van der Waals surface area contributed by atoms with E-state index in [2.05, 4.69) is 4.90 Å². The Balaban J connectivity index is 1.77. The monoisotopic (exact) mass is 317 g/mol. The molecule has 0 aromatic carbocycles. The summed E-state index contributed by atoms with van der Waals surface area (Å²) in [6, 6.07) is 0.276. The van der Waals surface area contributed by atoms with E-state index in [1.165, 1.54) is 10.6 Å². The summed E-state index contributed by atoms with van der Waals surface area (Å²) in [4.78, 5) is 14.3. The minimum absolute atomic E-state index is 0.174. The van der Waals surface area contributed by atoms with Gasteiger partial charge in [-0.25, -0.2) is 12.7 Å². The van der Waals surface area contributed by atoms with Gasteiger partial charge in [0.15, 0.2) is 0 Å². The summed E-state index contributed by atoms with van der Waals surface area (Å²) in [5.74, 6) is 0.402. The molecule has 2 heterocycles. The van der Waals surface area contributed by atoms with E-state index in [-0.39, 0.29) is 17.7 Å². The molecule has 122 valence electrons. The maximum absolute atomic E-state index is 12.2. The average molecular weight is 317 g/mol. The Labute approximate surface area is 127 Å². The third kappa shape index (κ3) is 5.32. The van der Waals surface area contributed by atoms with Crippen molar-refractivity contribution in [3.05, 3.63) is 0 Å². The number of nitrogens with two attached hydrogens (primary N) is 1. The van der Waals surface area contributed by atoms with Gasteiger partial charge in [-0.3, -0.25) is 9.69 Å². The van der Waals surface area contributed by atoms with Crippen LogP contribution in [-0.2, 0) is 14.8 Å². The fourth-order valence-electron chi connectivity index (χ4n) is 3.24. The van der Waals surface area contributed by atoms with Crippen LogP contribution in [-0.4, -0.2) is 68.4 Å². The summed E-state index contributed by atoms with van der Waals surface area (Å²) in [5.41, 5.74) is 5.86. The van der Waals surface area contributed by atoms with Gasteiger partial charge in [-0.15, -0.1) is 0 Å². The van der Waals surface area contributed by atoms with E-state index in [1.54, 1.807) is 0 Å². The van der Waals surface area contributed by atoms with E-state index in [0.29, 0.717) is 26.1 Å². The maximum atomic E-state index is 12.2. The van der Waals surface area contributed by atoms with Crippen LogP contribution >= 0.6 is 0 Å². The number of hydrogen-bond donors (Lipinski definition) is 1. The van der Waals surface area contributed by atoms with Gasteiger partial charge in [0.25, 0.3) is 0 Å². The molecule has 7 heteroatoms. The lowest BCUT2D eigenvalue weighted by molar-refractivity contribution is -0.121. The zero-order valence-corrected chi connectivity index (χ0v) is 13.6. The number of ketones is 1. The fourth-order valence-corrected chi connectivity index (χ4v) is 4.18. The van der Waals surface area contributed by atoms with Crippen molar-refractivity contribution in [2.75, 3.05) is 39.0 Å². The molecular formula is C14H27N3O3S. The quantitative estimate of drug-likeness (QED) is 0.774. The first kappa shape index (κ1) is 16.9. The van der Waals surface area contributed by atoms with Gasteiger partial charge in [0.05, 0.1) is 12.8 Å². The lowest BCUT2D eigenvalue weighted by atomic mass is 9.94. The van der Waals surface area contributed by atoms with Crippen LogP contribution in [0.25, 0.3) is 0 Å². The summed E-state index contributed by atoms with van der Waals surface area (Å²) in [6.07, 6.45) is 5.45. The largest absolute Gasteiger partial charge is 0.328 e. The Morgan fingerprint density at radius 3 is 2.48 bits per heavy atom. The first-order chi connectivity index (χ1) is 9.84. The van der Waals surface area contributed by atoms with Gasteiger partial charge in [-0.2, -0.15) is 0 Å². The normalized spacial score (nSPS) is 26.9. The molecule has 2 aliphatic heterocycles. The second-order valence-electron chi connectivity index (χ2n) is 6.49. The van der Waals surface area contributed by atoms with Crippen molar-refractivity contribution in [1.29, 1.82) is 0 Å². The number of carbonyl (C=O) groups excluding carboxylic acids is 1. The second-order valence-corrected chi connectivity index (χ2v) is 8.47. The Bertz CT molecular complexity index is 458. The molecule has 1 atom stereocenters. The summed E-state index contributed by atoms with van der Waals surface area (Å²) >= 11 is 0. The van der Waals surface area contributed by atoms with Crippen molar-refractivity contribution < 1.29 is 13.2 Å². The van der Waals surface area contributed by atoms with Gasteiger partial charge in [-0.1, -0.05) is 0 Å². The van der Waals surface area contributed by atoms with Crippen molar-refractivity contribution in [3.8, 4) is 0 Å². The lowest BCUT2D eigenvalue weighted by Gasteiger charge is -2.32. The smallest absolute Gasteiger partial charge is 0.211 e. The first-order valence-corrected chi connectivity index (χ1v) is 9.64. The molecule has 0 spiro atoms. The highest BCUT2D eigenvalue weighted by atomic mass is 32.2. The van der Waals surface area contributed by atoms with Crippen molar-refractivity contribution >= 4 is 15.8 Å². The molecule has 1 unspecified atom stereocenters. The lowest BCUT2D eigenvalue weighted by Crippen LogP contribution is -2.43. The predicted octanol–water partition coefficient (Wildman–Crippen LogP) is 0.0403. The van der Waals surface area contributed by atoms with Crippen LogP contribution in [0.5, 0.6) is 0 Å². The molecule has 2 N–H and O–H groups in total. The highest BCUT2D eigenvalue weighted by Gasteiger charge is 2.28. The van der Waals surface area contributed by atoms with Gasteiger partial charge in [0.2, 0.25) is 10.0 Å².